The molecular weight excluding hydrogens is 198 g/mol. The van der Waals surface area contributed by atoms with E-state index in [0.29, 0.717) is 5.13 Å². The Bertz CT molecular complexity index is 302. The van der Waals surface area contributed by atoms with Gasteiger partial charge in [0.2, 0.25) is 0 Å². The third-order valence-corrected chi connectivity index (χ3v) is 3.24. The smallest absolute Gasteiger partial charge is 0.180 e. The summed E-state index contributed by atoms with van der Waals surface area (Å²) >= 11 is 1.53. The van der Waals surface area contributed by atoms with Crippen LogP contribution in [0.25, 0.3) is 0 Å². The van der Waals surface area contributed by atoms with Gasteiger partial charge in [-0.25, -0.2) is 4.98 Å². The summed E-state index contributed by atoms with van der Waals surface area (Å²) in [7, 11) is 0. The van der Waals surface area contributed by atoms with Crippen LogP contribution < -0.4 is 5.73 Å². The average Bonchev–Trinajstić information content (AvgIpc) is 2.51. The van der Waals surface area contributed by atoms with Gasteiger partial charge in [-0.2, -0.15) is 0 Å². The Balaban J connectivity index is 1.90. The number of hydrogen-bond acceptors (Lipinski definition) is 5. The zero-order valence-corrected chi connectivity index (χ0v) is 8.83. The Morgan fingerprint density at radius 2 is 2.57 bits per heavy atom. The number of β-amino-alcohol motifs (C(OH)–C–C–N with tert-alkyl or cyclic N) is 1. The molecule has 0 radical (unpaired) electrons. The summed E-state index contributed by atoms with van der Waals surface area (Å²) in [5.74, 6) is 0. The lowest BCUT2D eigenvalue weighted by Gasteiger charge is -2.29. The Morgan fingerprint density at radius 1 is 1.71 bits per heavy atom. The summed E-state index contributed by atoms with van der Waals surface area (Å²) in [5.41, 5.74) is 5.55. The number of thiazole rings is 1. The van der Waals surface area contributed by atoms with Gasteiger partial charge in [-0.3, -0.25) is 4.90 Å². The first kappa shape index (κ1) is 9.89. The SMILES string of the molecule is Nc1ncc(CN2CCC[C@H](O)C2)s1. The molecule has 1 fully saturated rings. The van der Waals surface area contributed by atoms with E-state index in [1.807, 2.05) is 6.20 Å². The van der Waals surface area contributed by atoms with E-state index in [0.717, 1.165) is 32.5 Å². The number of aliphatic hydroxyl groups excluding tert-OH is 1. The molecule has 0 bridgehead atoms. The number of aromatic nitrogens is 1. The highest BCUT2D eigenvalue weighted by Crippen LogP contribution is 2.19. The van der Waals surface area contributed by atoms with Crippen LogP contribution in [0.15, 0.2) is 6.20 Å². The van der Waals surface area contributed by atoms with Crippen LogP contribution >= 0.6 is 11.3 Å². The van der Waals surface area contributed by atoms with Crippen molar-refractivity contribution in [3.8, 4) is 0 Å². The number of rotatable bonds is 2. The lowest BCUT2D eigenvalue weighted by atomic mass is 10.1. The highest BCUT2D eigenvalue weighted by molar-refractivity contribution is 7.15. The van der Waals surface area contributed by atoms with Gasteiger partial charge in [-0.05, 0) is 19.4 Å². The fourth-order valence-corrected chi connectivity index (χ4v) is 2.52. The van der Waals surface area contributed by atoms with Crippen LogP contribution in [0.1, 0.15) is 17.7 Å². The van der Waals surface area contributed by atoms with E-state index in [1.54, 1.807) is 0 Å². The highest BCUT2D eigenvalue weighted by atomic mass is 32.1. The van der Waals surface area contributed by atoms with Crippen molar-refractivity contribution in [1.82, 2.24) is 9.88 Å². The van der Waals surface area contributed by atoms with Crippen molar-refractivity contribution < 1.29 is 5.11 Å². The van der Waals surface area contributed by atoms with Crippen molar-refractivity contribution in [3.63, 3.8) is 0 Å². The van der Waals surface area contributed by atoms with Crippen LogP contribution in [-0.4, -0.2) is 34.2 Å². The summed E-state index contributed by atoms with van der Waals surface area (Å²) in [4.78, 5) is 7.44. The van der Waals surface area contributed by atoms with E-state index in [9.17, 15) is 5.11 Å². The monoisotopic (exact) mass is 213 g/mol. The average molecular weight is 213 g/mol. The number of nitrogens with zero attached hydrogens (tertiary/aromatic N) is 2. The normalized spacial score (nSPS) is 23.9. The predicted octanol–water partition coefficient (Wildman–Crippen LogP) is 0.682. The van der Waals surface area contributed by atoms with Gasteiger partial charge in [-0.15, -0.1) is 11.3 Å². The second-order valence-electron chi connectivity index (χ2n) is 3.70. The molecule has 2 rings (SSSR count). The summed E-state index contributed by atoms with van der Waals surface area (Å²) in [5, 5.41) is 10.1. The number of likely N-dealkylation sites (tertiary alicyclic amines) is 1. The molecule has 0 spiro atoms. The number of nitrogens with two attached hydrogens (primary N) is 1. The van der Waals surface area contributed by atoms with Crippen LogP contribution in [0.2, 0.25) is 0 Å². The molecule has 0 aromatic carbocycles. The van der Waals surface area contributed by atoms with Crippen LogP contribution in [0, 0.1) is 0 Å². The van der Waals surface area contributed by atoms with E-state index in [4.69, 9.17) is 5.73 Å². The fourth-order valence-electron chi connectivity index (χ4n) is 1.79. The number of nitrogen functional groups attached to an aromatic ring is 1. The van der Waals surface area contributed by atoms with E-state index < -0.39 is 0 Å². The van der Waals surface area contributed by atoms with Gasteiger partial charge in [0.1, 0.15) is 0 Å². The van der Waals surface area contributed by atoms with E-state index in [1.165, 1.54) is 16.2 Å². The largest absolute Gasteiger partial charge is 0.392 e. The van der Waals surface area contributed by atoms with Crippen molar-refractivity contribution >= 4 is 16.5 Å². The summed E-state index contributed by atoms with van der Waals surface area (Å²) < 4.78 is 0. The molecule has 1 saturated heterocycles. The Hall–Kier alpha value is -0.650. The molecule has 0 aliphatic carbocycles. The second-order valence-corrected chi connectivity index (χ2v) is 4.84. The van der Waals surface area contributed by atoms with Crippen LogP contribution in [-0.2, 0) is 6.54 Å². The number of aliphatic hydroxyl groups is 1. The molecule has 1 aliphatic rings. The number of hydrogen-bond donors (Lipinski definition) is 2. The third kappa shape index (κ3) is 2.43. The molecule has 0 amide bonds. The quantitative estimate of drug-likeness (QED) is 0.758. The minimum Gasteiger partial charge on any atom is -0.392 e. The zero-order chi connectivity index (χ0) is 9.97. The molecule has 4 nitrogen and oxygen atoms in total. The minimum absolute atomic E-state index is 0.158. The molecule has 2 heterocycles. The second kappa shape index (κ2) is 4.25. The molecule has 1 aromatic heterocycles. The molecule has 1 atom stereocenters. The number of piperidine rings is 1. The molecule has 0 saturated carbocycles. The maximum Gasteiger partial charge on any atom is 0.180 e. The number of anilines is 1. The molecule has 1 aromatic rings. The van der Waals surface area contributed by atoms with Gasteiger partial charge < -0.3 is 10.8 Å². The molecule has 5 heteroatoms. The van der Waals surface area contributed by atoms with Crippen molar-refractivity contribution in [2.75, 3.05) is 18.8 Å². The maximum atomic E-state index is 9.48. The first-order valence-electron chi connectivity index (χ1n) is 4.84. The highest BCUT2D eigenvalue weighted by Gasteiger charge is 2.18. The molecule has 3 N–H and O–H groups in total. The van der Waals surface area contributed by atoms with E-state index in [2.05, 4.69) is 9.88 Å². The van der Waals surface area contributed by atoms with E-state index in [-0.39, 0.29) is 6.10 Å². The first-order chi connectivity index (χ1) is 6.74. The van der Waals surface area contributed by atoms with Crippen LogP contribution in [0.3, 0.4) is 0 Å². The third-order valence-electron chi connectivity index (χ3n) is 2.43. The Labute approximate surface area is 87.4 Å². The lowest BCUT2D eigenvalue weighted by molar-refractivity contribution is 0.0673. The van der Waals surface area contributed by atoms with Crippen LogP contribution in [0.4, 0.5) is 5.13 Å². The van der Waals surface area contributed by atoms with E-state index >= 15 is 0 Å². The first-order valence-corrected chi connectivity index (χ1v) is 5.66. The van der Waals surface area contributed by atoms with Gasteiger partial charge >= 0.3 is 0 Å². The van der Waals surface area contributed by atoms with Gasteiger partial charge in [0.15, 0.2) is 5.13 Å². The van der Waals surface area contributed by atoms with Crippen molar-refractivity contribution in [2.45, 2.75) is 25.5 Å². The van der Waals surface area contributed by atoms with Gasteiger partial charge in [0.25, 0.3) is 0 Å². The maximum absolute atomic E-state index is 9.48. The minimum atomic E-state index is -0.158. The Kier molecular flexibility index (Phi) is 3.00. The van der Waals surface area contributed by atoms with Crippen LogP contribution in [0.5, 0.6) is 0 Å². The van der Waals surface area contributed by atoms with Crippen molar-refractivity contribution in [3.05, 3.63) is 11.1 Å². The molecule has 14 heavy (non-hydrogen) atoms. The van der Waals surface area contributed by atoms with Gasteiger partial charge in [0, 0.05) is 24.2 Å². The summed E-state index contributed by atoms with van der Waals surface area (Å²) in [6.07, 6.45) is 3.67. The van der Waals surface area contributed by atoms with Crippen molar-refractivity contribution in [2.24, 2.45) is 0 Å². The zero-order valence-electron chi connectivity index (χ0n) is 8.02. The van der Waals surface area contributed by atoms with Gasteiger partial charge in [-0.1, -0.05) is 0 Å². The Morgan fingerprint density at radius 3 is 3.21 bits per heavy atom. The molecular formula is C9H15N3OS. The predicted molar refractivity (Wildman–Crippen MR) is 57.0 cm³/mol. The summed E-state index contributed by atoms with van der Waals surface area (Å²) in [6, 6.07) is 0. The lowest BCUT2D eigenvalue weighted by Crippen LogP contribution is -2.37. The molecule has 78 valence electrons. The summed E-state index contributed by atoms with van der Waals surface area (Å²) in [6.45, 7) is 2.71. The standard InChI is InChI=1S/C9H15N3OS/c10-9-11-4-8(14-9)6-12-3-1-2-7(13)5-12/h4,7,13H,1-3,5-6H2,(H2,10,11)/t7-/m0/s1. The van der Waals surface area contributed by atoms with Crippen molar-refractivity contribution in [1.29, 1.82) is 0 Å². The topological polar surface area (TPSA) is 62.4 Å². The fraction of sp³-hybridized carbons (Fsp3) is 0.667. The van der Waals surface area contributed by atoms with Gasteiger partial charge in [0.05, 0.1) is 6.10 Å². The molecule has 0 unspecified atom stereocenters. The molecule has 1 aliphatic heterocycles.